The van der Waals surface area contributed by atoms with E-state index in [4.69, 9.17) is 12.2 Å². The van der Waals surface area contributed by atoms with Crippen molar-refractivity contribution in [3.8, 4) is 0 Å². The summed E-state index contributed by atoms with van der Waals surface area (Å²) < 4.78 is 23.2. The summed E-state index contributed by atoms with van der Waals surface area (Å²) in [6.45, 7) is 1.82. The zero-order chi connectivity index (χ0) is 16.3. The Morgan fingerprint density at radius 1 is 1.23 bits per heavy atom. The Bertz CT molecular complexity index is 840. The van der Waals surface area contributed by atoms with Crippen LogP contribution in [0.15, 0.2) is 47.5 Å². The minimum atomic E-state index is -3.22. The van der Waals surface area contributed by atoms with E-state index in [9.17, 15) is 13.2 Å². The first-order valence-electron chi connectivity index (χ1n) is 6.57. The predicted molar refractivity (Wildman–Crippen MR) is 87.1 cm³/mol. The second kappa shape index (κ2) is 6.41. The molecular weight excluding hydrogens is 320 g/mol. The third-order valence-corrected chi connectivity index (χ3v) is 4.68. The molecule has 0 bridgehead atoms. The highest BCUT2D eigenvalue weighted by molar-refractivity contribution is 7.90. The van der Waals surface area contributed by atoms with Crippen molar-refractivity contribution in [3.05, 3.63) is 58.4 Å². The predicted octanol–water partition coefficient (Wildman–Crippen LogP) is 2.64. The molecule has 5 nitrogen and oxygen atoms in total. The fourth-order valence-corrected chi connectivity index (χ4v) is 2.82. The van der Waals surface area contributed by atoms with Crippen LogP contribution in [-0.2, 0) is 9.84 Å². The van der Waals surface area contributed by atoms with Crippen LogP contribution in [0.1, 0.15) is 28.9 Å². The van der Waals surface area contributed by atoms with Gasteiger partial charge in [0.1, 0.15) is 4.64 Å². The summed E-state index contributed by atoms with van der Waals surface area (Å²) >= 11 is 5.07. The van der Waals surface area contributed by atoms with Crippen molar-refractivity contribution in [2.75, 3.05) is 6.26 Å². The summed E-state index contributed by atoms with van der Waals surface area (Å²) in [4.78, 5) is 15.2. The first-order valence-corrected chi connectivity index (χ1v) is 8.87. The lowest BCUT2D eigenvalue weighted by molar-refractivity contribution is 0.0939. The molecule has 2 aromatic rings. The van der Waals surface area contributed by atoms with Gasteiger partial charge in [0.25, 0.3) is 5.91 Å². The van der Waals surface area contributed by atoms with Crippen molar-refractivity contribution in [1.29, 1.82) is 0 Å². The van der Waals surface area contributed by atoms with Crippen molar-refractivity contribution in [3.63, 3.8) is 0 Å². The van der Waals surface area contributed by atoms with Crippen molar-refractivity contribution in [2.45, 2.75) is 17.9 Å². The number of aromatic amines is 1. The van der Waals surface area contributed by atoms with Gasteiger partial charge in [-0.15, -0.1) is 0 Å². The molecule has 0 saturated carbocycles. The molecule has 2 rings (SSSR count). The Hall–Kier alpha value is -1.99. The minimum Gasteiger partial charge on any atom is -0.352 e. The highest BCUT2D eigenvalue weighted by Crippen LogP contribution is 2.16. The number of nitrogens with one attached hydrogen (secondary N) is 2. The molecule has 0 aliphatic heterocycles. The normalized spacial score (nSPS) is 12.6. The van der Waals surface area contributed by atoms with E-state index < -0.39 is 9.84 Å². The number of sulfone groups is 1. The van der Waals surface area contributed by atoms with Gasteiger partial charge in [-0.3, -0.25) is 4.79 Å². The molecule has 116 valence electrons. The SMILES string of the molecule is CC(NC(=O)c1ccc[nH]c1=S)c1ccc(S(C)(=O)=O)cc1. The van der Waals surface area contributed by atoms with Crippen LogP contribution in [0.2, 0.25) is 0 Å². The van der Waals surface area contributed by atoms with Crippen molar-refractivity contribution < 1.29 is 13.2 Å². The van der Waals surface area contributed by atoms with Crippen LogP contribution in [0.3, 0.4) is 0 Å². The highest BCUT2D eigenvalue weighted by Gasteiger charge is 2.14. The largest absolute Gasteiger partial charge is 0.352 e. The van der Waals surface area contributed by atoms with Crippen LogP contribution < -0.4 is 5.32 Å². The van der Waals surface area contributed by atoms with Crippen LogP contribution in [0.4, 0.5) is 0 Å². The van der Waals surface area contributed by atoms with Gasteiger partial charge in [0.15, 0.2) is 9.84 Å². The van der Waals surface area contributed by atoms with Crippen LogP contribution in [-0.4, -0.2) is 25.6 Å². The summed E-state index contributed by atoms with van der Waals surface area (Å²) in [5, 5.41) is 2.84. The van der Waals surface area contributed by atoms with Gasteiger partial charge in [0, 0.05) is 12.5 Å². The van der Waals surface area contributed by atoms with E-state index >= 15 is 0 Å². The number of rotatable bonds is 4. The Kier molecular flexibility index (Phi) is 4.77. The maximum absolute atomic E-state index is 12.2. The number of benzene rings is 1. The molecule has 2 N–H and O–H groups in total. The molecule has 7 heteroatoms. The van der Waals surface area contributed by atoms with Crippen LogP contribution in [0, 0.1) is 4.64 Å². The lowest BCUT2D eigenvalue weighted by atomic mass is 10.1. The molecular formula is C15H16N2O3S2. The van der Waals surface area contributed by atoms with Gasteiger partial charge < -0.3 is 10.3 Å². The van der Waals surface area contributed by atoms with E-state index in [2.05, 4.69) is 10.3 Å². The highest BCUT2D eigenvalue weighted by atomic mass is 32.2. The van der Waals surface area contributed by atoms with E-state index in [0.29, 0.717) is 10.2 Å². The number of hydrogen-bond acceptors (Lipinski definition) is 4. The molecule has 1 unspecified atom stereocenters. The Balaban J connectivity index is 2.16. The Morgan fingerprint density at radius 3 is 2.41 bits per heavy atom. The van der Waals surface area contributed by atoms with Crippen molar-refractivity contribution in [1.82, 2.24) is 10.3 Å². The number of carbonyl (C=O) groups is 1. The molecule has 1 atom stereocenters. The molecule has 1 aromatic carbocycles. The maximum Gasteiger partial charge on any atom is 0.254 e. The Labute approximate surface area is 134 Å². The van der Waals surface area contributed by atoms with Gasteiger partial charge >= 0.3 is 0 Å². The standard InChI is InChI=1S/C15H16N2O3S2/c1-10(11-5-7-12(8-6-11)22(2,19)20)17-14(18)13-4-3-9-16-15(13)21/h3-10H,1-2H3,(H,16,21)(H,17,18). The summed E-state index contributed by atoms with van der Waals surface area (Å²) in [6, 6.07) is 9.52. The fraction of sp³-hybridized carbons (Fsp3) is 0.200. The summed E-state index contributed by atoms with van der Waals surface area (Å²) in [6.07, 6.45) is 2.82. The van der Waals surface area contributed by atoms with E-state index in [1.165, 1.54) is 12.1 Å². The van der Waals surface area contributed by atoms with Gasteiger partial charge in [-0.25, -0.2) is 8.42 Å². The monoisotopic (exact) mass is 336 g/mol. The summed E-state index contributed by atoms with van der Waals surface area (Å²) in [5.41, 5.74) is 1.21. The fourth-order valence-electron chi connectivity index (χ4n) is 1.96. The number of carbonyl (C=O) groups excluding carboxylic acids is 1. The zero-order valence-electron chi connectivity index (χ0n) is 12.2. The maximum atomic E-state index is 12.2. The van der Waals surface area contributed by atoms with E-state index in [1.807, 2.05) is 6.92 Å². The molecule has 0 aliphatic rings. The molecule has 1 heterocycles. The first-order chi connectivity index (χ1) is 10.3. The first kappa shape index (κ1) is 16.4. The topological polar surface area (TPSA) is 79.0 Å². The van der Waals surface area contributed by atoms with Gasteiger partial charge in [0.05, 0.1) is 16.5 Å². The number of amides is 1. The van der Waals surface area contributed by atoms with Gasteiger partial charge in [-0.2, -0.15) is 0 Å². The van der Waals surface area contributed by atoms with E-state index in [-0.39, 0.29) is 16.8 Å². The number of pyridine rings is 1. The minimum absolute atomic E-state index is 0.250. The van der Waals surface area contributed by atoms with Crippen molar-refractivity contribution >= 4 is 28.0 Å². The molecule has 0 radical (unpaired) electrons. The molecule has 22 heavy (non-hydrogen) atoms. The third kappa shape index (κ3) is 3.80. The van der Waals surface area contributed by atoms with Gasteiger partial charge in [0.2, 0.25) is 0 Å². The van der Waals surface area contributed by atoms with Crippen molar-refractivity contribution in [2.24, 2.45) is 0 Å². The van der Waals surface area contributed by atoms with Gasteiger partial charge in [-0.05, 0) is 36.8 Å². The van der Waals surface area contributed by atoms with Gasteiger partial charge in [-0.1, -0.05) is 24.4 Å². The molecule has 0 aliphatic carbocycles. The zero-order valence-corrected chi connectivity index (χ0v) is 13.8. The average Bonchev–Trinajstić information content (AvgIpc) is 2.46. The van der Waals surface area contributed by atoms with Crippen LogP contribution in [0.25, 0.3) is 0 Å². The quantitative estimate of drug-likeness (QED) is 0.841. The second-order valence-corrected chi connectivity index (χ2v) is 7.37. The smallest absolute Gasteiger partial charge is 0.254 e. The summed E-state index contributed by atoms with van der Waals surface area (Å²) in [7, 11) is -3.22. The molecule has 0 spiro atoms. The number of hydrogen-bond donors (Lipinski definition) is 2. The third-order valence-electron chi connectivity index (χ3n) is 3.22. The van der Waals surface area contributed by atoms with Crippen LogP contribution in [0.5, 0.6) is 0 Å². The van der Waals surface area contributed by atoms with E-state index in [1.54, 1.807) is 30.5 Å². The van der Waals surface area contributed by atoms with Crippen LogP contribution >= 0.6 is 12.2 Å². The number of H-pyrrole nitrogens is 1. The molecule has 0 saturated heterocycles. The molecule has 0 fully saturated rings. The van der Waals surface area contributed by atoms with E-state index in [0.717, 1.165) is 11.8 Å². The average molecular weight is 336 g/mol. The lowest BCUT2D eigenvalue weighted by Crippen LogP contribution is -2.27. The lowest BCUT2D eigenvalue weighted by Gasteiger charge is -2.14. The Morgan fingerprint density at radius 2 is 1.86 bits per heavy atom. The second-order valence-electron chi connectivity index (χ2n) is 4.95. The number of aromatic nitrogens is 1. The molecule has 1 aromatic heterocycles. The molecule has 1 amide bonds. The summed E-state index contributed by atoms with van der Waals surface area (Å²) in [5.74, 6) is -0.276.